The zero-order valence-electron chi connectivity index (χ0n) is 11.9. The number of piperidine rings is 1. The molecule has 2 rings (SSSR count). The van der Waals surface area contributed by atoms with E-state index in [1.54, 1.807) is 0 Å². The van der Waals surface area contributed by atoms with Crippen LogP contribution in [0.4, 0.5) is 10.7 Å². The molecule has 7 nitrogen and oxygen atoms in total. The fraction of sp³-hybridized carbons (Fsp3) is 0.583. The normalized spacial score (nSPS) is 16.7. The maximum Gasteiger partial charge on any atom is 0.350 e. The van der Waals surface area contributed by atoms with Crippen LogP contribution in [0.3, 0.4) is 0 Å². The summed E-state index contributed by atoms with van der Waals surface area (Å²) in [6.07, 6.45) is 2.85. The van der Waals surface area contributed by atoms with E-state index in [0.29, 0.717) is 5.00 Å². The van der Waals surface area contributed by atoms with Gasteiger partial charge in [-0.15, -0.1) is 11.3 Å². The molecule has 0 aliphatic carbocycles. The molecule has 1 aromatic heterocycles. The third-order valence-electron chi connectivity index (χ3n) is 3.32. The Bertz CT molecular complexity index is 633. The SMILES string of the molecule is COC(=O)c1sc(NC2CCNCC2)c(S(C)(=O)=O)c1N. The van der Waals surface area contributed by atoms with Crippen molar-refractivity contribution in [3.05, 3.63) is 4.88 Å². The van der Waals surface area contributed by atoms with Crippen molar-refractivity contribution in [3.8, 4) is 0 Å². The van der Waals surface area contributed by atoms with Crippen molar-refractivity contribution in [1.29, 1.82) is 0 Å². The average molecular weight is 333 g/mol. The number of carbonyl (C=O) groups excluding carboxylic acids is 1. The molecule has 0 spiro atoms. The van der Waals surface area contributed by atoms with Gasteiger partial charge in [-0.05, 0) is 25.9 Å². The van der Waals surface area contributed by atoms with Crippen LogP contribution in [0.1, 0.15) is 22.5 Å². The molecule has 0 unspecified atom stereocenters. The Kier molecular flexibility index (Phi) is 4.74. The summed E-state index contributed by atoms with van der Waals surface area (Å²) < 4.78 is 28.6. The fourth-order valence-electron chi connectivity index (χ4n) is 2.29. The van der Waals surface area contributed by atoms with Gasteiger partial charge in [0.15, 0.2) is 9.84 Å². The number of nitrogens with two attached hydrogens (primary N) is 1. The molecule has 118 valence electrons. The minimum absolute atomic E-state index is 0.00793. The van der Waals surface area contributed by atoms with Gasteiger partial charge < -0.3 is 21.1 Å². The fourth-order valence-corrected chi connectivity index (χ4v) is 4.84. The van der Waals surface area contributed by atoms with E-state index >= 15 is 0 Å². The molecule has 21 heavy (non-hydrogen) atoms. The number of nitrogen functional groups attached to an aromatic ring is 1. The van der Waals surface area contributed by atoms with Crippen molar-refractivity contribution in [1.82, 2.24) is 5.32 Å². The third-order valence-corrected chi connectivity index (χ3v) is 5.73. The smallest absolute Gasteiger partial charge is 0.350 e. The molecule has 0 radical (unpaired) electrons. The molecule has 0 atom stereocenters. The van der Waals surface area contributed by atoms with Gasteiger partial charge in [-0.1, -0.05) is 0 Å². The molecule has 0 amide bonds. The second kappa shape index (κ2) is 6.20. The number of hydrogen-bond acceptors (Lipinski definition) is 8. The largest absolute Gasteiger partial charge is 0.465 e. The highest BCUT2D eigenvalue weighted by Crippen LogP contribution is 2.40. The number of methoxy groups -OCH3 is 1. The van der Waals surface area contributed by atoms with E-state index in [9.17, 15) is 13.2 Å². The van der Waals surface area contributed by atoms with E-state index in [2.05, 4.69) is 15.4 Å². The maximum absolute atomic E-state index is 12.0. The first-order valence-corrected chi connectivity index (χ1v) is 9.23. The van der Waals surface area contributed by atoms with Gasteiger partial charge >= 0.3 is 5.97 Å². The Morgan fingerprint density at radius 2 is 2.05 bits per heavy atom. The highest BCUT2D eigenvalue weighted by atomic mass is 32.2. The Morgan fingerprint density at radius 3 is 2.57 bits per heavy atom. The van der Waals surface area contributed by atoms with Gasteiger partial charge in [-0.2, -0.15) is 0 Å². The zero-order valence-corrected chi connectivity index (χ0v) is 13.6. The second-order valence-electron chi connectivity index (χ2n) is 4.94. The quantitative estimate of drug-likeness (QED) is 0.695. The van der Waals surface area contributed by atoms with Crippen LogP contribution >= 0.6 is 11.3 Å². The second-order valence-corrected chi connectivity index (χ2v) is 7.91. The number of carbonyl (C=O) groups is 1. The lowest BCUT2D eigenvalue weighted by Crippen LogP contribution is -2.35. The summed E-state index contributed by atoms with van der Waals surface area (Å²) in [4.78, 5) is 11.8. The molecule has 1 aromatic rings. The van der Waals surface area contributed by atoms with Crippen LogP contribution in [0, 0.1) is 0 Å². The van der Waals surface area contributed by atoms with E-state index < -0.39 is 15.8 Å². The van der Waals surface area contributed by atoms with Crippen LogP contribution in [-0.2, 0) is 14.6 Å². The molecule has 0 saturated carbocycles. The number of nitrogens with one attached hydrogen (secondary N) is 2. The van der Waals surface area contributed by atoms with Gasteiger partial charge in [0, 0.05) is 12.3 Å². The van der Waals surface area contributed by atoms with Crippen molar-refractivity contribution >= 4 is 37.8 Å². The topological polar surface area (TPSA) is 111 Å². The van der Waals surface area contributed by atoms with Crippen molar-refractivity contribution in [2.24, 2.45) is 0 Å². The van der Waals surface area contributed by atoms with Gasteiger partial charge in [0.2, 0.25) is 0 Å². The number of sulfone groups is 1. The molecule has 9 heteroatoms. The summed E-state index contributed by atoms with van der Waals surface area (Å²) in [5.74, 6) is -0.624. The monoisotopic (exact) mass is 333 g/mol. The molecule has 4 N–H and O–H groups in total. The number of hydrogen-bond donors (Lipinski definition) is 3. The molecule has 1 saturated heterocycles. The molecular weight excluding hydrogens is 314 g/mol. The Hall–Kier alpha value is -1.32. The third kappa shape index (κ3) is 3.47. The van der Waals surface area contributed by atoms with E-state index in [0.717, 1.165) is 43.5 Å². The molecule has 1 aliphatic rings. The van der Waals surface area contributed by atoms with Crippen molar-refractivity contribution in [2.75, 3.05) is 37.5 Å². The van der Waals surface area contributed by atoms with E-state index in [4.69, 9.17) is 5.73 Å². The number of ether oxygens (including phenoxy) is 1. The van der Waals surface area contributed by atoms with Gasteiger partial charge in [0.1, 0.15) is 14.8 Å². The summed E-state index contributed by atoms with van der Waals surface area (Å²) in [5.41, 5.74) is 5.81. The van der Waals surface area contributed by atoms with Gasteiger partial charge in [0.05, 0.1) is 12.8 Å². The first kappa shape index (κ1) is 16.1. The summed E-state index contributed by atoms with van der Waals surface area (Å²) >= 11 is 1.03. The first-order chi connectivity index (χ1) is 9.84. The molecule has 2 heterocycles. The summed E-state index contributed by atoms with van der Waals surface area (Å²) in [7, 11) is -2.30. The van der Waals surface area contributed by atoms with Crippen LogP contribution in [0.25, 0.3) is 0 Å². The number of thiophene rings is 1. The maximum atomic E-state index is 12.0. The Balaban J connectivity index is 2.40. The van der Waals surface area contributed by atoms with E-state index in [1.165, 1.54) is 7.11 Å². The first-order valence-electron chi connectivity index (χ1n) is 6.52. The van der Waals surface area contributed by atoms with Crippen molar-refractivity contribution in [3.63, 3.8) is 0 Å². The van der Waals surface area contributed by atoms with Crippen LogP contribution in [0.2, 0.25) is 0 Å². The summed E-state index contributed by atoms with van der Waals surface area (Å²) in [5, 5.41) is 6.86. The molecule has 1 aliphatic heterocycles. The van der Waals surface area contributed by atoms with Crippen LogP contribution in [-0.4, -0.2) is 46.9 Å². The van der Waals surface area contributed by atoms with Gasteiger partial charge in [-0.3, -0.25) is 0 Å². The zero-order chi connectivity index (χ0) is 15.6. The predicted molar refractivity (Wildman–Crippen MR) is 82.7 cm³/mol. The highest BCUT2D eigenvalue weighted by Gasteiger charge is 2.29. The summed E-state index contributed by atoms with van der Waals surface area (Å²) in [6, 6.07) is 0.162. The lowest BCUT2D eigenvalue weighted by molar-refractivity contribution is 0.0607. The van der Waals surface area contributed by atoms with E-state index in [-0.39, 0.29) is 21.5 Å². The summed E-state index contributed by atoms with van der Waals surface area (Å²) in [6.45, 7) is 1.74. The Labute approximate surface area is 127 Å². The molecule has 0 bridgehead atoms. The highest BCUT2D eigenvalue weighted by molar-refractivity contribution is 7.91. The van der Waals surface area contributed by atoms with Crippen molar-refractivity contribution < 1.29 is 17.9 Å². The molecule has 0 aromatic carbocycles. The van der Waals surface area contributed by atoms with Crippen LogP contribution < -0.4 is 16.4 Å². The van der Waals surface area contributed by atoms with Crippen LogP contribution in [0.15, 0.2) is 4.90 Å². The van der Waals surface area contributed by atoms with E-state index in [1.807, 2.05) is 0 Å². The van der Waals surface area contributed by atoms with Crippen LogP contribution in [0.5, 0.6) is 0 Å². The number of anilines is 2. The minimum atomic E-state index is -3.54. The minimum Gasteiger partial charge on any atom is -0.465 e. The number of rotatable bonds is 4. The van der Waals surface area contributed by atoms with Gasteiger partial charge in [-0.25, -0.2) is 13.2 Å². The number of esters is 1. The molecular formula is C12H19N3O4S2. The standard InChI is InChI=1S/C12H19N3O4S2/c1-19-12(16)9-8(13)10(21(2,17)18)11(20-9)15-7-3-5-14-6-4-7/h7,14-15H,3-6,13H2,1-2H3. The lowest BCUT2D eigenvalue weighted by atomic mass is 10.1. The van der Waals surface area contributed by atoms with Gasteiger partial charge in [0.25, 0.3) is 0 Å². The lowest BCUT2D eigenvalue weighted by Gasteiger charge is -2.24. The Morgan fingerprint density at radius 1 is 1.43 bits per heavy atom. The van der Waals surface area contributed by atoms with Crippen molar-refractivity contribution in [2.45, 2.75) is 23.8 Å². The average Bonchev–Trinajstić information content (AvgIpc) is 2.75. The molecule has 1 fully saturated rings. The predicted octanol–water partition coefficient (Wildman–Crippen LogP) is 0.684.